The van der Waals surface area contributed by atoms with Crippen LogP contribution in [0.3, 0.4) is 0 Å². The summed E-state index contributed by atoms with van der Waals surface area (Å²) in [6.07, 6.45) is 4.35. The van der Waals surface area contributed by atoms with Gasteiger partial charge in [-0.15, -0.1) is 0 Å². The summed E-state index contributed by atoms with van der Waals surface area (Å²) in [5.41, 5.74) is 9.64. The first-order valence-corrected chi connectivity index (χ1v) is 20.4. The molecule has 5 aromatic carbocycles. The molecular weight excluding hydrogens is 749 g/mol. The number of fused-ring (bicyclic) bond motifs is 1. The predicted octanol–water partition coefficient (Wildman–Crippen LogP) is 10.3. The Morgan fingerprint density at radius 1 is 0.533 bits per heavy atom. The van der Waals surface area contributed by atoms with E-state index < -0.39 is 0 Å². The van der Waals surface area contributed by atoms with Crippen LogP contribution in [-0.4, -0.2) is 31.1 Å². The molecule has 302 valence electrons. The standard InChI is InChI=1S/C26H23N3O2.C24H25N3O2/c1-3-29-26(31)25(23(18(2)30)24(28-29)21-12-8-5-9-13-21)27-22-16-14-20(15-17-22)19-10-6-4-7-11-19;1-3-27-24(29)23(25-20-15-9-13-17-10-7-8-14-19(17)20)21(16(2)28)22(26-27)18-11-5-4-6-12-18/h4-17,27H,3H2,1-2H3;4-6,9,11-13,15,25H,3,7-8,10,14H2,1-2H3. The molecule has 1 aliphatic carbocycles. The average molecular weight is 797 g/mol. The molecule has 10 nitrogen and oxygen atoms in total. The highest BCUT2D eigenvalue weighted by Gasteiger charge is 2.24. The maximum Gasteiger partial charge on any atom is 0.291 e. The molecule has 2 heterocycles. The molecule has 0 spiro atoms. The zero-order valence-electron chi connectivity index (χ0n) is 34.4. The fourth-order valence-electron chi connectivity index (χ4n) is 7.64. The molecule has 0 fully saturated rings. The number of carbonyl (C=O) groups excluding carboxylic acids is 2. The smallest absolute Gasteiger partial charge is 0.291 e. The van der Waals surface area contributed by atoms with Gasteiger partial charge >= 0.3 is 0 Å². The molecule has 0 unspecified atom stereocenters. The molecule has 0 bridgehead atoms. The Balaban J connectivity index is 0.000000182. The molecule has 60 heavy (non-hydrogen) atoms. The molecule has 0 atom stereocenters. The highest BCUT2D eigenvalue weighted by Crippen LogP contribution is 2.33. The number of aromatic nitrogens is 4. The molecule has 2 aromatic heterocycles. The summed E-state index contributed by atoms with van der Waals surface area (Å²) in [5, 5.41) is 15.5. The van der Waals surface area contributed by atoms with Crippen LogP contribution >= 0.6 is 0 Å². The predicted molar refractivity (Wildman–Crippen MR) is 241 cm³/mol. The van der Waals surface area contributed by atoms with Crippen molar-refractivity contribution in [1.29, 1.82) is 0 Å². The summed E-state index contributed by atoms with van der Waals surface area (Å²) in [5.74, 6) is -0.390. The van der Waals surface area contributed by atoms with Crippen LogP contribution in [0.4, 0.5) is 22.7 Å². The first kappa shape index (κ1) is 41.0. The third kappa shape index (κ3) is 8.78. The SMILES string of the molecule is CCn1nc(-c2ccccc2)c(C(C)=O)c(Nc2ccc(-c3ccccc3)cc2)c1=O.CCn1nc(-c2ccccc2)c(C(C)=O)c(Nc2cccc3c2CCCC3)c1=O. The van der Waals surface area contributed by atoms with E-state index in [1.165, 1.54) is 40.8 Å². The van der Waals surface area contributed by atoms with Crippen molar-refractivity contribution in [2.24, 2.45) is 0 Å². The molecule has 2 N–H and O–H groups in total. The minimum atomic E-state index is -0.320. The quantitative estimate of drug-likeness (QED) is 0.124. The van der Waals surface area contributed by atoms with Crippen LogP contribution in [0.1, 0.15) is 72.4 Å². The average Bonchev–Trinajstić information content (AvgIpc) is 3.28. The van der Waals surface area contributed by atoms with Gasteiger partial charge in [0.25, 0.3) is 11.1 Å². The Bertz CT molecular complexity index is 2760. The number of hydrogen-bond donors (Lipinski definition) is 2. The molecule has 10 heteroatoms. The number of rotatable bonds is 11. The van der Waals surface area contributed by atoms with Gasteiger partial charge in [0.1, 0.15) is 22.8 Å². The van der Waals surface area contributed by atoms with Gasteiger partial charge in [0.2, 0.25) is 0 Å². The van der Waals surface area contributed by atoms with Crippen molar-refractivity contribution < 1.29 is 9.59 Å². The van der Waals surface area contributed by atoms with Crippen molar-refractivity contribution in [2.75, 3.05) is 10.6 Å². The van der Waals surface area contributed by atoms with Crippen molar-refractivity contribution >= 4 is 34.3 Å². The third-order valence-electron chi connectivity index (χ3n) is 10.6. The minimum absolute atomic E-state index is 0.177. The van der Waals surface area contributed by atoms with E-state index in [1.54, 1.807) is 0 Å². The second kappa shape index (κ2) is 18.6. The Hall–Kier alpha value is -7.20. The van der Waals surface area contributed by atoms with Crippen molar-refractivity contribution in [3.63, 3.8) is 0 Å². The maximum absolute atomic E-state index is 13.2. The number of benzene rings is 5. The second-order valence-corrected chi connectivity index (χ2v) is 14.6. The van der Waals surface area contributed by atoms with Gasteiger partial charge in [-0.1, -0.05) is 115 Å². The lowest BCUT2D eigenvalue weighted by atomic mass is 9.90. The number of nitrogens with one attached hydrogen (secondary N) is 2. The zero-order valence-corrected chi connectivity index (χ0v) is 34.4. The fraction of sp³-hybridized carbons (Fsp3) is 0.200. The normalized spacial score (nSPS) is 11.8. The van der Waals surface area contributed by atoms with Gasteiger partial charge in [-0.2, -0.15) is 10.2 Å². The lowest BCUT2D eigenvalue weighted by Crippen LogP contribution is -2.28. The van der Waals surface area contributed by atoms with Crippen LogP contribution < -0.4 is 21.8 Å². The van der Waals surface area contributed by atoms with E-state index in [0.717, 1.165) is 52.9 Å². The number of hydrogen-bond acceptors (Lipinski definition) is 8. The largest absolute Gasteiger partial charge is 0.350 e. The summed E-state index contributed by atoms with van der Waals surface area (Å²) in [7, 11) is 0. The first-order chi connectivity index (χ1) is 29.2. The van der Waals surface area contributed by atoms with E-state index in [9.17, 15) is 19.2 Å². The maximum atomic E-state index is 13.2. The van der Waals surface area contributed by atoms with Gasteiger partial charge in [-0.05, 0) is 93.8 Å². The van der Waals surface area contributed by atoms with E-state index in [2.05, 4.69) is 26.9 Å². The third-order valence-corrected chi connectivity index (χ3v) is 10.6. The van der Waals surface area contributed by atoms with Crippen molar-refractivity contribution in [3.8, 4) is 33.6 Å². The monoisotopic (exact) mass is 796 g/mol. The first-order valence-electron chi connectivity index (χ1n) is 20.4. The van der Waals surface area contributed by atoms with E-state index in [0.29, 0.717) is 41.3 Å². The molecule has 0 saturated heterocycles. The number of carbonyl (C=O) groups is 2. The van der Waals surface area contributed by atoms with Gasteiger partial charge in [0, 0.05) is 35.6 Å². The van der Waals surface area contributed by atoms with Crippen LogP contribution in [0, 0.1) is 0 Å². The van der Waals surface area contributed by atoms with E-state index >= 15 is 0 Å². The summed E-state index contributed by atoms with van der Waals surface area (Å²) in [4.78, 5) is 51.5. The Morgan fingerprint density at radius 2 is 0.983 bits per heavy atom. The Morgan fingerprint density at radius 3 is 1.47 bits per heavy atom. The number of anilines is 4. The molecule has 0 radical (unpaired) electrons. The highest BCUT2D eigenvalue weighted by atomic mass is 16.1. The number of Topliss-reactive ketones (excluding diaryl/α,β-unsaturated/α-hetero) is 2. The number of aryl methyl sites for hydroxylation is 3. The molecule has 1 aliphatic rings. The Labute approximate surface area is 349 Å². The van der Waals surface area contributed by atoms with Crippen LogP contribution in [-0.2, 0) is 25.9 Å². The van der Waals surface area contributed by atoms with Gasteiger partial charge in [0.15, 0.2) is 11.6 Å². The number of ketones is 2. The topological polar surface area (TPSA) is 128 Å². The van der Waals surface area contributed by atoms with E-state index in [1.807, 2.05) is 141 Å². The Kier molecular flexibility index (Phi) is 12.7. The lowest BCUT2D eigenvalue weighted by Gasteiger charge is -2.21. The van der Waals surface area contributed by atoms with Gasteiger partial charge in [0.05, 0.1) is 11.1 Å². The fourth-order valence-corrected chi connectivity index (χ4v) is 7.64. The highest BCUT2D eigenvalue weighted by molar-refractivity contribution is 6.06. The van der Waals surface area contributed by atoms with Gasteiger partial charge < -0.3 is 10.6 Å². The lowest BCUT2D eigenvalue weighted by molar-refractivity contribution is 0.101. The number of nitrogens with zero attached hydrogens (tertiary/aromatic N) is 4. The summed E-state index contributed by atoms with van der Waals surface area (Å²) in [6, 6.07) is 43.0. The van der Waals surface area contributed by atoms with E-state index in [-0.39, 0.29) is 28.4 Å². The van der Waals surface area contributed by atoms with Crippen molar-refractivity contribution in [2.45, 2.75) is 66.5 Å². The molecule has 0 saturated carbocycles. The molecular formula is C50H48N6O4. The van der Waals surface area contributed by atoms with Crippen molar-refractivity contribution in [3.05, 3.63) is 176 Å². The molecule has 0 amide bonds. The van der Waals surface area contributed by atoms with Crippen LogP contribution in [0.2, 0.25) is 0 Å². The van der Waals surface area contributed by atoms with Gasteiger partial charge in [-0.3, -0.25) is 19.2 Å². The molecule has 7 aromatic rings. The molecule has 0 aliphatic heterocycles. The summed E-state index contributed by atoms with van der Waals surface area (Å²) in [6.45, 7) is 7.52. The summed E-state index contributed by atoms with van der Waals surface area (Å²) < 4.78 is 2.81. The van der Waals surface area contributed by atoms with Gasteiger partial charge in [-0.25, -0.2) is 9.36 Å². The minimum Gasteiger partial charge on any atom is -0.350 e. The second-order valence-electron chi connectivity index (χ2n) is 14.6. The van der Waals surface area contributed by atoms with E-state index in [4.69, 9.17) is 0 Å². The molecule has 8 rings (SSSR count). The van der Waals surface area contributed by atoms with Crippen LogP contribution in [0.5, 0.6) is 0 Å². The van der Waals surface area contributed by atoms with Crippen LogP contribution in [0.25, 0.3) is 33.6 Å². The van der Waals surface area contributed by atoms with Crippen molar-refractivity contribution in [1.82, 2.24) is 19.6 Å². The zero-order chi connectivity index (χ0) is 42.2. The van der Waals surface area contributed by atoms with Crippen LogP contribution in [0.15, 0.2) is 143 Å². The summed E-state index contributed by atoms with van der Waals surface area (Å²) >= 11 is 0.